The van der Waals surface area contributed by atoms with E-state index in [0.29, 0.717) is 6.04 Å². The van der Waals surface area contributed by atoms with Crippen LogP contribution >= 0.6 is 0 Å². The first-order valence-corrected chi connectivity index (χ1v) is 5.95. The van der Waals surface area contributed by atoms with Gasteiger partial charge < -0.3 is 5.32 Å². The van der Waals surface area contributed by atoms with Crippen molar-refractivity contribution in [1.29, 1.82) is 0 Å². The van der Waals surface area contributed by atoms with E-state index in [1.807, 2.05) is 14.0 Å². The monoisotopic (exact) mass is 208 g/mol. The van der Waals surface area contributed by atoms with Crippen molar-refractivity contribution in [2.45, 2.75) is 51.6 Å². The second-order valence-corrected chi connectivity index (χ2v) is 4.82. The molecule has 0 spiro atoms. The molecule has 0 aromatic rings. The SMILES string of the molecule is CC#CCC(NC)C(C)(C)N1CCCC1. The Balaban J connectivity index is 2.64. The molecule has 15 heavy (non-hydrogen) atoms. The van der Waals surface area contributed by atoms with Crippen molar-refractivity contribution in [3.8, 4) is 11.8 Å². The molecular weight excluding hydrogens is 184 g/mol. The standard InChI is InChI=1S/C13H24N2/c1-5-6-9-12(14-4)13(2,3)15-10-7-8-11-15/h12,14H,7-11H2,1-4H3. The van der Waals surface area contributed by atoms with Crippen LogP contribution < -0.4 is 5.32 Å². The minimum Gasteiger partial charge on any atom is -0.314 e. The van der Waals surface area contributed by atoms with Crippen LogP contribution in [0.15, 0.2) is 0 Å². The lowest BCUT2D eigenvalue weighted by Crippen LogP contribution is -2.55. The van der Waals surface area contributed by atoms with Crippen LogP contribution in [0.25, 0.3) is 0 Å². The van der Waals surface area contributed by atoms with Crippen LogP contribution in [0.3, 0.4) is 0 Å². The summed E-state index contributed by atoms with van der Waals surface area (Å²) in [6.07, 6.45) is 3.63. The molecule has 1 rings (SSSR count). The molecule has 1 N–H and O–H groups in total. The summed E-state index contributed by atoms with van der Waals surface area (Å²) in [5, 5.41) is 3.41. The van der Waals surface area contributed by atoms with Gasteiger partial charge in [-0.25, -0.2) is 0 Å². The lowest BCUT2D eigenvalue weighted by atomic mass is 9.90. The summed E-state index contributed by atoms with van der Waals surface area (Å²) < 4.78 is 0. The maximum Gasteiger partial charge on any atom is 0.0354 e. The zero-order valence-electron chi connectivity index (χ0n) is 10.6. The average molecular weight is 208 g/mol. The second kappa shape index (κ2) is 5.53. The molecule has 0 radical (unpaired) electrons. The number of hydrogen-bond donors (Lipinski definition) is 1. The first-order valence-electron chi connectivity index (χ1n) is 5.95. The van der Waals surface area contributed by atoms with Crippen molar-refractivity contribution in [2.24, 2.45) is 0 Å². The van der Waals surface area contributed by atoms with Crippen molar-refractivity contribution >= 4 is 0 Å². The van der Waals surface area contributed by atoms with E-state index in [0.717, 1.165) is 6.42 Å². The van der Waals surface area contributed by atoms with E-state index in [-0.39, 0.29) is 5.54 Å². The molecule has 0 aromatic heterocycles. The Morgan fingerprint density at radius 3 is 2.40 bits per heavy atom. The lowest BCUT2D eigenvalue weighted by molar-refractivity contribution is 0.112. The van der Waals surface area contributed by atoms with Crippen LogP contribution in [0.2, 0.25) is 0 Å². The Morgan fingerprint density at radius 1 is 1.33 bits per heavy atom. The Kier molecular flexibility index (Phi) is 4.63. The summed E-state index contributed by atoms with van der Waals surface area (Å²) in [6, 6.07) is 0.461. The van der Waals surface area contributed by atoms with Gasteiger partial charge in [0.15, 0.2) is 0 Å². The van der Waals surface area contributed by atoms with E-state index in [1.54, 1.807) is 0 Å². The van der Waals surface area contributed by atoms with Gasteiger partial charge in [0.05, 0.1) is 0 Å². The first-order chi connectivity index (χ1) is 7.12. The largest absolute Gasteiger partial charge is 0.314 e. The third-order valence-corrected chi connectivity index (χ3v) is 3.61. The average Bonchev–Trinajstić information content (AvgIpc) is 2.72. The Labute approximate surface area is 94.4 Å². The van der Waals surface area contributed by atoms with Crippen molar-refractivity contribution < 1.29 is 0 Å². The summed E-state index contributed by atoms with van der Waals surface area (Å²) >= 11 is 0. The fourth-order valence-electron chi connectivity index (χ4n) is 2.42. The molecule has 1 fully saturated rings. The first kappa shape index (κ1) is 12.5. The number of likely N-dealkylation sites (N-methyl/N-ethyl adjacent to an activating group) is 1. The molecule has 2 nitrogen and oxygen atoms in total. The van der Waals surface area contributed by atoms with Crippen LogP contribution in [-0.4, -0.2) is 36.6 Å². The Bertz CT molecular complexity index is 241. The normalized spacial score (nSPS) is 19.7. The van der Waals surface area contributed by atoms with Crippen molar-refractivity contribution in [2.75, 3.05) is 20.1 Å². The summed E-state index contributed by atoms with van der Waals surface area (Å²) in [5.41, 5.74) is 0.217. The maximum absolute atomic E-state index is 3.41. The van der Waals surface area contributed by atoms with Crippen molar-refractivity contribution in [3.63, 3.8) is 0 Å². The molecule has 1 unspecified atom stereocenters. The molecule has 0 aliphatic carbocycles. The zero-order valence-corrected chi connectivity index (χ0v) is 10.6. The third kappa shape index (κ3) is 2.96. The molecule has 1 aliphatic heterocycles. The Morgan fingerprint density at radius 2 is 1.93 bits per heavy atom. The van der Waals surface area contributed by atoms with Gasteiger partial charge in [0.2, 0.25) is 0 Å². The highest BCUT2D eigenvalue weighted by molar-refractivity contribution is 5.04. The third-order valence-electron chi connectivity index (χ3n) is 3.61. The number of rotatable bonds is 4. The van der Waals surface area contributed by atoms with Gasteiger partial charge in [-0.05, 0) is 53.8 Å². The summed E-state index contributed by atoms with van der Waals surface area (Å²) in [7, 11) is 2.04. The van der Waals surface area contributed by atoms with Crippen LogP contribution in [-0.2, 0) is 0 Å². The predicted octanol–water partition coefficient (Wildman–Crippen LogP) is 1.86. The van der Waals surface area contributed by atoms with Crippen LogP contribution in [0, 0.1) is 11.8 Å². The lowest BCUT2D eigenvalue weighted by Gasteiger charge is -2.41. The number of nitrogens with one attached hydrogen (secondary N) is 1. The molecule has 86 valence electrons. The predicted molar refractivity (Wildman–Crippen MR) is 65.8 cm³/mol. The van der Waals surface area contributed by atoms with Crippen LogP contribution in [0.5, 0.6) is 0 Å². The molecule has 2 heteroatoms. The van der Waals surface area contributed by atoms with Gasteiger partial charge in [-0.3, -0.25) is 4.90 Å². The van der Waals surface area contributed by atoms with E-state index in [4.69, 9.17) is 0 Å². The van der Waals surface area contributed by atoms with Gasteiger partial charge in [-0.15, -0.1) is 11.8 Å². The second-order valence-electron chi connectivity index (χ2n) is 4.82. The van der Waals surface area contributed by atoms with Crippen molar-refractivity contribution in [3.05, 3.63) is 0 Å². The summed E-state index contributed by atoms with van der Waals surface area (Å²) in [5.74, 6) is 6.18. The molecule has 0 bridgehead atoms. The minimum atomic E-state index is 0.217. The molecule has 0 saturated carbocycles. The van der Waals surface area contributed by atoms with Gasteiger partial charge >= 0.3 is 0 Å². The summed E-state index contributed by atoms with van der Waals surface area (Å²) in [6.45, 7) is 9.05. The number of hydrogen-bond acceptors (Lipinski definition) is 2. The van der Waals surface area contributed by atoms with Gasteiger partial charge in [-0.1, -0.05) is 0 Å². The number of likely N-dealkylation sites (tertiary alicyclic amines) is 1. The highest BCUT2D eigenvalue weighted by atomic mass is 15.2. The van der Waals surface area contributed by atoms with Crippen LogP contribution in [0.1, 0.15) is 40.0 Å². The topological polar surface area (TPSA) is 15.3 Å². The molecule has 1 saturated heterocycles. The van der Waals surface area contributed by atoms with E-state index >= 15 is 0 Å². The van der Waals surface area contributed by atoms with E-state index in [2.05, 4.69) is 35.9 Å². The van der Waals surface area contributed by atoms with Gasteiger partial charge in [0.25, 0.3) is 0 Å². The molecule has 0 amide bonds. The van der Waals surface area contributed by atoms with Gasteiger partial charge in [0, 0.05) is 18.0 Å². The Hall–Kier alpha value is -0.520. The molecule has 1 atom stereocenters. The summed E-state index contributed by atoms with van der Waals surface area (Å²) in [4.78, 5) is 2.59. The maximum atomic E-state index is 3.41. The smallest absolute Gasteiger partial charge is 0.0354 e. The fourth-order valence-corrected chi connectivity index (χ4v) is 2.42. The molecule has 1 aliphatic rings. The van der Waals surface area contributed by atoms with E-state index in [9.17, 15) is 0 Å². The minimum absolute atomic E-state index is 0.217. The zero-order chi connectivity index (χ0) is 11.3. The quantitative estimate of drug-likeness (QED) is 0.710. The molecule has 1 heterocycles. The molecular formula is C13H24N2. The fraction of sp³-hybridized carbons (Fsp3) is 0.846. The van der Waals surface area contributed by atoms with Gasteiger partial charge in [-0.2, -0.15) is 0 Å². The van der Waals surface area contributed by atoms with E-state index in [1.165, 1.54) is 25.9 Å². The van der Waals surface area contributed by atoms with Crippen molar-refractivity contribution in [1.82, 2.24) is 10.2 Å². The molecule has 0 aromatic carbocycles. The number of nitrogens with zero attached hydrogens (tertiary/aromatic N) is 1. The van der Waals surface area contributed by atoms with Gasteiger partial charge in [0.1, 0.15) is 0 Å². The highest BCUT2D eigenvalue weighted by Gasteiger charge is 2.35. The van der Waals surface area contributed by atoms with E-state index < -0.39 is 0 Å². The van der Waals surface area contributed by atoms with Crippen LogP contribution in [0.4, 0.5) is 0 Å². The highest BCUT2D eigenvalue weighted by Crippen LogP contribution is 2.25.